The Morgan fingerprint density at radius 1 is 0.722 bits per heavy atom. The molecule has 0 saturated carbocycles. The number of thioether (sulfide) groups is 1. The number of fused-ring (bicyclic) bond motifs is 3. The summed E-state index contributed by atoms with van der Waals surface area (Å²) in [5.41, 5.74) is 6.92. The molecule has 1 heteroatoms. The quantitative estimate of drug-likeness (QED) is 0.554. The SMILES string of the molecule is C1=CC(=C2c3ccccc3-c3ccccc32)SC1. The molecule has 0 fully saturated rings. The Bertz CT molecular complexity index is 645. The van der Waals surface area contributed by atoms with Crippen LogP contribution in [0.2, 0.25) is 0 Å². The molecule has 0 aromatic heterocycles. The van der Waals surface area contributed by atoms with Gasteiger partial charge in [-0.15, -0.1) is 11.8 Å². The smallest absolute Gasteiger partial charge is 0.0164 e. The average Bonchev–Trinajstić information content (AvgIpc) is 3.03. The van der Waals surface area contributed by atoms with E-state index in [1.165, 1.54) is 32.7 Å². The van der Waals surface area contributed by atoms with Crippen LogP contribution < -0.4 is 0 Å². The van der Waals surface area contributed by atoms with E-state index >= 15 is 0 Å². The predicted octanol–water partition coefficient (Wildman–Crippen LogP) is 4.73. The van der Waals surface area contributed by atoms with E-state index in [1.807, 2.05) is 11.8 Å². The molecule has 0 nitrogen and oxygen atoms in total. The summed E-state index contributed by atoms with van der Waals surface area (Å²) in [5.74, 6) is 1.10. The van der Waals surface area contributed by atoms with Crippen LogP contribution in [0.15, 0.2) is 65.6 Å². The van der Waals surface area contributed by atoms with Gasteiger partial charge in [0.1, 0.15) is 0 Å². The summed E-state index contributed by atoms with van der Waals surface area (Å²) in [6, 6.07) is 17.5. The Labute approximate surface area is 111 Å². The van der Waals surface area contributed by atoms with Gasteiger partial charge in [-0.2, -0.15) is 0 Å². The Kier molecular flexibility index (Phi) is 2.21. The third-order valence-electron chi connectivity index (χ3n) is 3.53. The van der Waals surface area contributed by atoms with Gasteiger partial charge in [-0.25, -0.2) is 0 Å². The maximum atomic E-state index is 2.26. The lowest BCUT2D eigenvalue weighted by Crippen LogP contribution is -1.83. The van der Waals surface area contributed by atoms with Crippen molar-refractivity contribution in [1.29, 1.82) is 0 Å². The fourth-order valence-electron chi connectivity index (χ4n) is 2.78. The lowest BCUT2D eigenvalue weighted by atomic mass is 10.0. The van der Waals surface area contributed by atoms with Crippen molar-refractivity contribution in [2.45, 2.75) is 0 Å². The van der Waals surface area contributed by atoms with Gasteiger partial charge in [0, 0.05) is 16.2 Å². The van der Waals surface area contributed by atoms with Crippen molar-refractivity contribution < 1.29 is 0 Å². The van der Waals surface area contributed by atoms with Crippen molar-refractivity contribution in [3.05, 3.63) is 76.7 Å². The van der Waals surface area contributed by atoms with Gasteiger partial charge in [0.15, 0.2) is 0 Å². The van der Waals surface area contributed by atoms with Gasteiger partial charge in [0.25, 0.3) is 0 Å². The number of allylic oxidation sites excluding steroid dienone is 1. The molecular weight excluding hydrogens is 236 g/mol. The maximum absolute atomic E-state index is 2.26. The normalized spacial score (nSPS) is 16.0. The first-order valence-electron chi connectivity index (χ1n) is 6.18. The topological polar surface area (TPSA) is 0 Å². The highest BCUT2D eigenvalue weighted by atomic mass is 32.2. The van der Waals surface area contributed by atoms with Crippen LogP contribution in [-0.4, -0.2) is 5.75 Å². The van der Waals surface area contributed by atoms with Crippen LogP contribution in [0.5, 0.6) is 0 Å². The van der Waals surface area contributed by atoms with Crippen molar-refractivity contribution in [3.63, 3.8) is 0 Å². The molecule has 0 N–H and O–H groups in total. The van der Waals surface area contributed by atoms with Crippen molar-refractivity contribution in [2.24, 2.45) is 0 Å². The summed E-state index contributed by atoms with van der Waals surface area (Å²) in [7, 11) is 0. The monoisotopic (exact) mass is 248 g/mol. The van der Waals surface area contributed by atoms with Gasteiger partial charge in [-0.1, -0.05) is 60.7 Å². The van der Waals surface area contributed by atoms with Crippen LogP contribution in [0.4, 0.5) is 0 Å². The van der Waals surface area contributed by atoms with E-state index in [9.17, 15) is 0 Å². The van der Waals surface area contributed by atoms with Crippen LogP contribution in [0.1, 0.15) is 11.1 Å². The summed E-state index contributed by atoms with van der Waals surface area (Å²) in [5, 5.41) is 0. The largest absolute Gasteiger partial charge is 0.121 e. The zero-order valence-corrected chi connectivity index (χ0v) is 10.7. The van der Waals surface area contributed by atoms with E-state index in [4.69, 9.17) is 0 Å². The van der Waals surface area contributed by atoms with Gasteiger partial charge in [0.05, 0.1) is 0 Å². The summed E-state index contributed by atoms with van der Waals surface area (Å²) < 4.78 is 0. The molecule has 86 valence electrons. The molecule has 0 bridgehead atoms. The molecule has 2 aromatic carbocycles. The van der Waals surface area contributed by atoms with E-state index in [0.717, 1.165) is 5.75 Å². The number of hydrogen-bond acceptors (Lipinski definition) is 1. The zero-order chi connectivity index (χ0) is 11.9. The van der Waals surface area contributed by atoms with Gasteiger partial charge < -0.3 is 0 Å². The minimum atomic E-state index is 1.10. The molecule has 2 aromatic rings. The van der Waals surface area contributed by atoms with E-state index in [1.54, 1.807) is 0 Å². The molecule has 4 rings (SSSR count). The van der Waals surface area contributed by atoms with Gasteiger partial charge >= 0.3 is 0 Å². The second kappa shape index (κ2) is 3.89. The van der Waals surface area contributed by atoms with Crippen LogP contribution in [-0.2, 0) is 0 Å². The second-order valence-corrected chi connectivity index (χ2v) is 5.61. The van der Waals surface area contributed by atoms with E-state index < -0.39 is 0 Å². The van der Waals surface area contributed by atoms with Crippen molar-refractivity contribution >= 4 is 17.3 Å². The Hall–Kier alpha value is -1.73. The third-order valence-corrected chi connectivity index (χ3v) is 4.54. The fourth-order valence-corrected chi connectivity index (χ4v) is 3.71. The molecule has 0 radical (unpaired) electrons. The molecule has 18 heavy (non-hydrogen) atoms. The molecule has 0 amide bonds. The lowest BCUT2D eigenvalue weighted by Gasteiger charge is -2.05. The van der Waals surface area contributed by atoms with Gasteiger partial charge in [-0.3, -0.25) is 0 Å². The second-order valence-electron chi connectivity index (χ2n) is 4.54. The molecule has 0 saturated heterocycles. The molecule has 0 unspecified atom stereocenters. The lowest BCUT2D eigenvalue weighted by molar-refractivity contribution is 1.65. The molecule has 0 atom stereocenters. The molecule has 1 heterocycles. The van der Waals surface area contributed by atoms with Crippen molar-refractivity contribution in [3.8, 4) is 11.1 Å². The van der Waals surface area contributed by atoms with E-state index in [2.05, 4.69) is 60.7 Å². The fraction of sp³-hybridized carbons (Fsp3) is 0.0588. The summed E-state index contributed by atoms with van der Waals surface area (Å²) in [6.07, 6.45) is 4.51. The average molecular weight is 248 g/mol. The highest BCUT2D eigenvalue weighted by molar-refractivity contribution is 8.03. The first-order chi connectivity index (χ1) is 8.95. The summed E-state index contributed by atoms with van der Waals surface area (Å²) in [6.45, 7) is 0. The Balaban J connectivity index is 2.10. The molecule has 0 spiro atoms. The first-order valence-corrected chi connectivity index (χ1v) is 7.16. The van der Waals surface area contributed by atoms with Crippen molar-refractivity contribution in [1.82, 2.24) is 0 Å². The first kappa shape index (κ1) is 10.2. The molecule has 1 aliphatic carbocycles. The van der Waals surface area contributed by atoms with Crippen LogP contribution in [0.25, 0.3) is 16.7 Å². The molecule has 1 aliphatic heterocycles. The predicted molar refractivity (Wildman–Crippen MR) is 79.5 cm³/mol. The Morgan fingerprint density at radius 2 is 1.28 bits per heavy atom. The number of hydrogen-bond donors (Lipinski definition) is 0. The van der Waals surface area contributed by atoms with Crippen molar-refractivity contribution in [2.75, 3.05) is 5.75 Å². The Morgan fingerprint density at radius 3 is 1.78 bits per heavy atom. The van der Waals surface area contributed by atoms with Crippen LogP contribution in [0.3, 0.4) is 0 Å². The standard InChI is InChI=1S/C17H12S/c1-3-8-14-12(6-1)13-7-2-4-9-15(13)17(14)16-10-5-11-18-16/h1-10H,11H2. The highest BCUT2D eigenvalue weighted by Crippen LogP contribution is 2.48. The maximum Gasteiger partial charge on any atom is 0.0164 e. The summed E-state index contributed by atoms with van der Waals surface area (Å²) >= 11 is 1.94. The highest BCUT2D eigenvalue weighted by Gasteiger charge is 2.25. The van der Waals surface area contributed by atoms with Crippen LogP contribution >= 0.6 is 11.8 Å². The number of rotatable bonds is 0. The minimum absolute atomic E-state index is 1.10. The minimum Gasteiger partial charge on any atom is -0.121 e. The molecular formula is C17H12S. The van der Waals surface area contributed by atoms with Crippen LogP contribution in [0, 0.1) is 0 Å². The van der Waals surface area contributed by atoms with E-state index in [-0.39, 0.29) is 0 Å². The third kappa shape index (κ3) is 1.34. The van der Waals surface area contributed by atoms with Gasteiger partial charge in [0.2, 0.25) is 0 Å². The molecule has 2 aliphatic rings. The van der Waals surface area contributed by atoms with E-state index in [0.29, 0.717) is 0 Å². The zero-order valence-electron chi connectivity index (χ0n) is 9.89. The number of benzene rings is 2. The van der Waals surface area contributed by atoms with Gasteiger partial charge in [-0.05, 0) is 22.3 Å². The summed E-state index contributed by atoms with van der Waals surface area (Å²) in [4.78, 5) is 1.41.